The summed E-state index contributed by atoms with van der Waals surface area (Å²) in [7, 11) is 0. The molecule has 2 rings (SSSR count). The molecular weight excluding hydrogens is 250 g/mol. The first-order chi connectivity index (χ1) is 9.40. The lowest BCUT2D eigenvalue weighted by Crippen LogP contribution is -1.94. The number of benzene rings is 2. The molecule has 0 aliphatic rings. The fourth-order valence-corrected chi connectivity index (χ4v) is 2.77. The quantitative estimate of drug-likeness (QED) is 0.859. The molecule has 0 aromatic heterocycles. The molecule has 0 amide bonds. The lowest BCUT2D eigenvalue weighted by Gasteiger charge is -2.05. The molecule has 2 heteroatoms. The molecule has 0 fully saturated rings. The third-order valence-electron chi connectivity index (χ3n) is 2.71. The van der Waals surface area contributed by atoms with Crippen LogP contribution in [0.5, 0.6) is 0 Å². The van der Waals surface area contributed by atoms with Crippen LogP contribution in [0.2, 0.25) is 0 Å². The zero-order chi connectivity index (χ0) is 13.3. The lowest BCUT2D eigenvalue weighted by atomic mass is 10.1. The fraction of sp³-hybridized carbons (Fsp3) is 0.176. The maximum absolute atomic E-state index is 5.42. The minimum Gasteiger partial charge on any atom is -0.320 e. The van der Waals surface area contributed by atoms with Gasteiger partial charge in [-0.25, -0.2) is 0 Å². The maximum atomic E-state index is 5.42. The molecule has 2 N–H and O–H groups in total. The van der Waals surface area contributed by atoms with Crippen molar-refractivity contribution in [1.82, 2.24) is 0 Å². The van der Waals surface area contributed by atoms with Crippen LogP contribution in [0.15, 0.2) is 54.6 Å². The van der Waals surface area contributed by atoms with Crippen molar-refractivity contribution in [1.29, 1.82) is 0 Å². The molecule has 0 atom stereocenters. The summed E-state index contributed by atoms with van der Waals surface area (Å²) < 4.78 is 0. The van der Waals surface area contributed by atoms with Crippen molar-refractivity contribution in [3.05, 3.63) is 71.3 Å². The van der Waals surface area contributed by atoms with E-state index >= 15 is 0 Å². The molecule has 2 aromatic carbocycles. The Balaban J connectivity index is 1.96. The largest absolute Gasteiger partial charge is 0.320 e. The molecule has 0 aliphatic heterocycles. The van der Waals surface area contributed by atoms with Crippen molar-refractivity contribution >= 4 is 11.8 Å². The van der Waals surface area contributed by atoms with Crippen LogP contribution in [-0.2, 0) is 11.5 Å². The van der Waals surface area contributed by atoms with Crippen molar-refractivity contribution in [2.45, 2.75) is 11.5 Å². The van der Waals surface area contributed by atoms with Gasteiger partial charge < -0.3 is 5.73 Å². The van der Waals surface area contributed by atoms with Crippen molar-refractivity contribution in [3.8, 4) is 11.8 Å². The molecule has 0 aliphatic carbocycles. The van der Waals surface area contributed by atoms with Crippen LogP contribution < -0.4 is 5.73 Å². The van der Waals surface area contributed by atoms with E-state index < -0.39 is 0 Å². The average molecular weight is 267 g/mol. The first kappa shape index (κ1) is 13.7. The normalized spacial score (nSPS) is 9.74. The highest BCUT2D eigenvalue weighted by atomic mass is 32.2. The monoisotopic (exact) mass is 267 g/mol. The third-order valence-corrected chi connectivity index (χ3v) is 3.76. The second-order valence-electron chi connectivity index (χ2n) is 4.14. The molecule has 0 bridgehead atoms. The molecule has 2 aromatic rings. The van der Waals surface area contributed by atoms with Gasteiger partial charge in [-0.05, 0) is 17.2 Å². The van der Waals surface area contributed by atoms with Gasteiger partial charge in [0.15, 0.2) is 0 Å². The van der Waals surface area contributed by atoms with E-state index in [0.29, 0.717) is 6.54 Å². The van der Waals surface area contributed by atoms with Crippen LogP contribution in [0.4, 0.5) is 0 Å². The highest BCUT2D eigenvalue weighted by Crippen LogP contribution is 2.19. The van der Waals surface area contributed by atoms with Crippen molar-refractivity contribution in [2.24, 2.45) is 5.73 Å². The van der Waals surface area contributed by atoms with E-state index in [4.69, 9.17) is 5.73 Å². The number of thioether (sulfide) groups is 1. The van der Waals surface area contributed by atoms with E-state index in [-0.39, 0.29) is 0 Å². The van der Waals surface area contributed by atoms with Gasteiger partial charge >= 0.3 is 0 Å². The molecule has 0 spiro atoms. The van der Waals surface area contributed by atoms with Gasteiger partial charge in [0, 0.05) is 17.1 Å². The lowest BCUT2D eigenvalue weighted by molar-refractivity contribution is 1.30. The van der Waals surface area contributed by atoms with Crippen molar-refractivity contribution in [2.75, 3.05) is 6.54 Å². The summed E-state index contributed by atoms with van der Waals surface area (Å²) in [4.78, 5) is 0. The van der Waals surface area contributed by atoms with E-state index in [1.807, 2.05) is 23.9 Å². The van der Waals surface area contributed by atoms with Gasteiger partial charge in [0.25, 0.3) is 0 Å². The van der Waals surface area contributed by atoms with Crippen LogP contribution in [0.25, 0.3) is 0 Å². The minimum atomic E-state index is 0.408. The number of hydrogen-bond acceptors (Lipinski definition) is 2. The Morgan fingerprint density at radius 3 is 2.42 bits per heavy atom. The molecule has 96 valence electrons. The Morgan fingerprint density at radius 1 is 0.895 bits per heavy atom. The Morgan fingerprint density at radius 2 is 1.63 bits per heavy atom. The third kappa shape index (κ3) is 4.48. The number of hydrogen-bond donors (Lipinski definition) is 1. The summed E-state index contributed by atoms with van der Waals surface area (Å²) in [6.45, 7) is 0.408. The van der Waals surface area contributed by atoms with Gasteiger partial charge in [0.1, 0.15) is 0 Å². The summed E-state index contributed by atoms with van der Waals surface area (Å²) in [5.41, 5.74) is 9.16. The summed E-state index contributed by atoms with van der Waals surface area (Å²) in [5.74, 6) is 8.06. The molecule has 0 saturated heterocycles. The average Bonchev–Trinajstić information content (AvgIpc) is 2.47. The van der Waals surface area contributed by atoms with Crippen LogP contribution in [0.3, 0.4) is 0 Å². The summed E-state index contributed by atoms with van der Waals surface area (Å²) in [6, 6.07) is 18.8. The fourth-order valence-electron chi connectivity index (χ4n) is 1.77. The smallest absolute Gasteiger partial charge is 0.0555 e. The van der Waals surface area contributed by atoms with E-state index in [1.54, 1.807) is 0 Å². The first-order valence-electron chi connectivity index (χ1n) is 6.28. The van der Waals surface area contributed by atoms with E-state index in [1.165, 1.54) is 11.1 Å². The zero-order valence-corrected chi connectivity index (χ0v) is 11.6. The Labute approximate surface area is 119 Å². The van der Waals surface area contributed by atoms with Crippen molar-refractivity contribution < 1.29 is 0 Å². The molecule has 19 heavy (non-hydrogen) atoms. The van der Waals surface area contributed by atoms with E-state index in [0.717, 1.165) is 17.1 Å². The molecule has 0 heterocycles. The van der Waals surface area contributed by atoms with E-state index in [9.17, 15) is 0 Å². The minimum absolute atomic E-state index is 0.408. The molecule has 0 saturated carbocycles. The zero-order valence-electron chi connectivity index (χ0n) is 10.8. The van der Waals surface area contributed by atoms with Gasteiger partial charge in [-0.1, -0.05) is 60.4 Å². The number of nitrogens with two attached hydrogens (primary N) is 1. The van der Waals surface area contributed by atoms with Gasteiger partial charge in [-0.2, -0.15) is 11.8 Å². The summed E-state index contributed by atoms with van der Waals surface area (Å²) in [5, 5.41) is 0. The predicted octanol–water partition coefficient (Wildman–Crippen LogP) is 3.43. The molecular formula is C17H17NS. The van der Waals surface area contributed by atoms with Gasteiger partial charge in [-0.3, -0.25) is 0 Å². The van der Waals surface area contributed by atoms with Crippen LogP contribution >= 0.6 is 11.8 Å². The number of rotatable bonds is 4. The SMILES string of the molecule is NCC#Cc1ccccc1CSCc1ccccc1. The maximum Gasteiger partial charge on any atom is 0.0555 e. The van der Waals surface area contributed by atoms with E-state index in [2.05, 4.69) is 54.3 Å². The van der Waals surface area contributed by atoms with Gasteiger partial charge in [0.05, 0.1) is 6.54 Å². The Kier molecular flexibility index (Phi) is 5.55. The second kappa shape index (κ2) is 7.68. The second-order valence-corrected chi connectivity index (χ2v) is 5.13. The Bertz CT molecular complexity index is 567. The molecule has 0 radical (unpaired) electrons. The first-order valence-corrected chi connectivity index (χ1v) is 7.44. The standard InChI is InChI=1S/C17H17NS/c18-12-6-11-16-9-4-5-10-17(16)14-19-13-15-7-2-1-3-8-15/h1-5,7-10H,12-14,18H2. The van der Waals surface area contributed by atoms with Crippen LogP contribution in [-0.4, -0.2) is 6.54 Å². The van der Waals surface area contributed by atoms with Crippen molar-refractivity contribution in [3.63, 3.8) is 0 Å². The molecule has 0 unspecified atom stereocenters. The molecule has 1 nitrogen and oxygen atoms in total. The van der Waals surface area contributed by atoms with Crippen LogP contribution in [0, 0.1) is 11.8 Å². The van der Waals surface area contributed by atoms with Gasteiger partial charge in [0.2, 0.25) is 0 Å². The van der Waals surface area contributed by atoms with Crippen LogP contribution in [0.1, 0.15) is 16.7 Å². The topological polar surface area (TPSA) is 26.0 Å². The highest BCUT2D eigenvalue weighted by molar-refractivity contribution is 7.97. The predicted molar refractivity (Wildman–Crippen MR) is 83.8 cm³/mol. The van der Waals surface area contributed by atoms with Gasteiger partial charge in [-0.15, -0.1) is 0 Å². The Hall–Kier alpha value is -1.69. The summed E-state index contributed by atoms with van der Waals surface area (Å²) in [6.07, 6.45) is 0. The highest BCUT2D eigenvalue weighted by Gasteiger charge is 1.99. The summed E-state index contributed by atoms with van der Waals surface area (Å²) >= 11 is 1.91.